The van der Waals surface area contributed by atoms with Gasteiger partial charge in [-0.25, -0.2) is 0 Å². The number of methoxy groups -OCH3 is 1. The molecule has 2 aromatic rings. The molecule has 17 heavy (non-hydrogen) atoms. The normalized spacial score (nSPS) is 9.94. The van der Waals surface area contributed by atoms with Crippen LogP contribution in [0.4, 0.5) is 0 Å². The molecule has 86 valence electrons. The van der Waals surface area contributed by atoms with Crippen molar-refractivity contribution in [3.05, 3.63) is 54.1 Å². The smallest absolute Gasteiger partial charge is 0.168 e. The van der Waals surface area contributed by atoms with Crippen LogP contribution in [0.2, 0.25) is 0 Å². The minimum Gasteiger partial charge on any atom is -0.495 e. The van der Waals surface area contributed by atoms with Gasteiger partial charge in [-0.15, -0.1) is 0 Å². The first-order valence-corrected chi connectivity index (χ1v) is 5.21. The summed E-state index contributed by atoms with van der Waals surface area (Å²) in [6.07, 6.45) is 6.80. The molecule has 4 heteroatoms. The molecule has 2 aromatic heterocycles. The summed E-state index contributed by atoms with van der Waals surface area (Å²) in [7, 11) is 1.55. The van der Waals surface area contributed by atoms with Crippen LogP contribution in [0, 0.1) is 0 Å². The molecule has 0 aliphatic carbocycles. The lowest BCUT2D eigenvalue weighted by Gasteiger charge is -2.03. The Labute approximate surface area is 99.3 Å². The Kier molecular flexibility index (Phi) is 3.45. The number of Topliss-reactive ketones (excluding diaryl/α,β-unsaturated/α-hetero) is 1. The molecule has 0 saturated heterocycles. The molecule has 0 aromatic carbocycles. The quantitative estimate of drug-likeness (QED) is 0.750. The number of hydrogen-bond donors (Lipinski definition) is 0. The van der Waals surface area contributed by atoms with Gasteiger partial charge in [-0.05, 0) is 17.7 Å². The van der Waals surface area contributed by atoms with Crippen molar-refractivity contribution in [3.63, 3.8) is 0 Å². The average molecular weight is 228 g/mol. The summed E-state index contributed by atoms with van der Waals surface area (Å²) in [6, 6.07) is 5.37. The number of aromatic nitrogens is 2. The highest BCUT2D eigenvalue weighted by atomic mass is 16.5. The standard InChI is InChI=1S/C13H12N2O2/c1-17-12-6-11(8-15-9-12)13(16)5-10-3-2-4-14-7-10/h2-4,6-9H,5H2,1H3. The van der Waals surface area contributed by atoms with Gasteiger partial charge in [0.25, 0.3) is 0 Å². The van der Waals surface area contributed by atoms with Crippen molar-refractivity contribution in [3.8, 4) is 5.75 Å². The highest BCUT2D eigenvalue weighted by Gasteiger charge is 2.08. The van der Waals surface area contributed by atoms with Crippen molar-refractivity contribution >= 4 is 5.78 Å². The summed E-state index contributed by atoms with van der Waals surface area (Å²) in [5.74, 6) is 0.589. The predicted octanol–water partition coefficient (Wildman–Crippen LogP) is 1.91. The maximum atomic E-state index is 12.0. The monoisotopic (exact) mass is 228 g/mol. The van der Waals surface area contributed by atoms with Crippen LogP contribution in [-0.2, 0) is 6.42 Å². The van der Waals surface area contributed by atoms with Crippen molar-refractivity contribution in [1.29, 1.82) is 0 Å². The van der Waals surface area contributed by atoms with E-state index >= 15 is 0 Å². The molecule has 0 atom stereocenters. The molecular formula is C13H12N2O2. The first-order valence-electron chi connectivity index (χ1n) is 5.21. The highest BCUT2D eigenvalue weighted by molar-refractivity contribution is 5.97. The second-order valence-electron chi connectivity index (χ2n) is 3.57. The lowest BCUT2D eigenvalue weighted by molar-refractivity contribution is 0.0992. The van der Waals surface area contributed by atoms with Crippen LogP contribution in [0.25, 0.3) is 0 Å². The van der Waals surface area contributed by atoms with Crippen molar-refractivity contribution in [2.75, 3.05) is 7.11 Å². The first kappa shape index (κ1) is 11.3. The molecule has 0 N–H and O–H groups in total. The Morgan fingerprint density at radius 2 is 2.18 bits per heavy atom. The Morgan fingerprint density at radius 1 is 1.29 bits per heavy atom. The number of rotatable bonds is 4. The maximum absolute atomic E-state index is 12.0. The maximum Gasteiger partial charge on any atom is 0.168 e. The van der Waals surface area contributed by atoms with Crippen LogP contribution >= 0.6 is 0 Å². The van der Waals surface area contributed by atoms with Gasteiger partial charge in [0.2, 0.25) is 0 Å². The number of nitrogens with zero attached hydrogens (tertiary/aromatic N) is 2. The van der Waals surface area contributed by atoms with Crippen LogP contribution in [0.1, 0.15) is 15.9 Å². The zero-order valence-electron chi connectivity index (χ0n) is 9.46. The van der Waals surface area contributed by atoms with Gasteiger partial charge in [0, 0.05) is 30.6 Å². The molecule has 0 amide bonds. The molecule has 0 fully saturated rings. The number of hydrogen-bond acceptors (Lipinski definition) is 4. The molecule has 0 unspecified atom stereocenters. The van der Waals surface area contributed by atoms with Crippen molar-refractivity contribution in [2.45, 2.75) is 6.42 Å². The Morgan fingerprint density at radius 3 is 2.88 bits per heavy atom. The Bertz CT molecular complexity index is 512. The van der Waals surface area contributed by atoms with E-state index in [0.717, 1.165) is 5.56 Å². The second kappa shape index (κ2) is 5.21. The van der Waals surface area contributed by atoms with E-state index in [-0.39, 0.29) is 5.78 Å². The molecule has 0 aliphatic rings. The van der Waals surface area contributed by atoms with Crippen LogP contribution in [-0.4, -0.2) is 22.9 Å². The Balaban J connectivity index is 2.14. The van der Waals surface area contributed by atoms with Gasteiger partial charge in [-0.2, -0.15) is 0 Å². The predicted molar refractivity (Wildman–Crippen MR) is 63.1 cm³/mol. The molecule has 4 nitrogen and oxygen atoms in total. The van der Waals surface area contributed by atoms with E-state index in [0.29, 0.717) is 17.7 Å². The summed E-state index contributed by atoms with van der Waals surface area (Å²) in [5, 5.41) is 0. The molecule has 0 saturated carbocycles. The summed E-state index contributed by atoms with van der Waals surface area (Å²) < 4.78 is 5.03. The molecule has 2 rings (SSSR count). The summed E-state index contributed by atoms with van der Waals surface area (Å²) in [5.41, 5.74) is 1.44. The van der Waals surface area contributed by atoms with Crippen LogP contribution < -0.4 is 4.74 Å². The molecular weight excluding hydrogens is 216 g/mol. The van der Waals surface area contributed by atoms with Gasteiger partial charge >= 0.3 is 0 Å². The van der Waals surface area contributed by atoms with Crippen molar-refractivity contribution < 1.29 is 9.53 Å². The van der Waals surface area contributed by atoms with Crippen LogP contribution in [0.5, 0.6) is 5.75 Å². The SMILES string of the molecule is COc1cncc(C(=O)Cc2cccnc2)c1. The average Bonchev–Trinajstić information content (AvgIpc) is 2.40. The van der Waals surface area contributed by atoms with E-state index in [2.05, 4.69) is 9.97 Å². The third kappa shape index (κ3) is 2.87. The first-order chi connectivity index (χ1) is 8.29. The van der Waals surface area contributed by atoms with E-state index in [9.17, 15) is 4.79 Å². The van der Waals surface area contributed by atoms with Crippen molar-refractivity contribution in [1.82, 2.24) is 9.97 Å². The molecule has 0 aliphatic heterocycles. The summed E-state index contributed by atoms with van der Waals surface area (Å²) in [6.45, 7) is 0. The minimum atomic E-state index is 0.00407. The van der Waals surface area contributed by atoms with E-state index < -0.39 is 0 Å². The largest absolute Gasteiger partial charge is 0.495 e. The lowest BCUT2D eigenvalue weighted by Crippen LogP contribution is -2.04. The fourth-order valence-electron chi connectivity index (χ4n) is 1.47. The van der Waals surface area contributed by atoms with Gasteiger partial charge in [-0.3, -0.25) is 14.8 Å². The number of carbonyl (C=O) groups is 1. The summed E-state index contributed by atoms with van der Waals surface area (Å²) >= 11 is 0. The zero-order chi connectivity index (χ0) is 12.1. The van der Waals surface area contributed by atoms with Gasteiger partial charge in [0.1, 0.15) is 5.75 Å². The molecule has 2 heterocycles. The third-order valence-corrected chi connectivity index (χ3v) is 2.36. The fraction of sp³-hybridized carbons (Fsp3) is 0.154. The van der Waals surface area contributed by atoms with Crippen molar-refractivity contribution in [2.24, 2.45) is 0 Å². The number of carbonyl (C=O) groups excluding carboxylic acids is 1. The minimum absolute atomic E-state index is 0.00407. The van der Waals surface area contributed by atoms with Gasteiger partial charge < -0.3 is 4.74 Å². The van der Waals surface area contributed by atoms with Gasteiger partial charge in [0.05, 0.1) is 13.3 Å². The van der Waals surface area contributed by atoms with Gasteiger partial charge in [0.15, 0.2) is 5.78 Å². The van der Waals surface area contributed by atoms with E-state index in [1.807, 2.05) is 12.1 Å². The molecule has 0 radical (unpaired) electrons. The summed E-state index contributed by atoms with van der Waals surface area (Å²) in [4.78, 5) is 19.9. The van der Waals surface area contributed by atoms with E-state index in [4.69, 9.17) is 4.74 Å². The topological polar surface area (TPSA) is 52.1 Å². The second-order valence-corrected chi connectivity index (χ2v) is 3.57. The zero-order valence-corrected chi connectivity index (χ0v) is 9.46. The third-order valence-electron chi connectivity index (χ3n) is 2.36. The fourth-order valence-corrected chi connectivity index (χ4v) is 1.47. The van der Waals surface area contributed by atoms with E-state index in [1.54, 1.807) is 38.0 Å². The highest BCUT2D eigenvalue weighted by Crippen LogP contribution is 2.12. The lowest BCUT2D eigenvalue weighted by atomic mass is 10.1. The molecule has 0 spiro atoms. The number of ether oxygens (including phenoxy) is 1. The van der Waals surface area contributed by atoms with E-state index in [1.165, 1.54) is 0 Å². The number of pyridine rings is 2. The number of ketones is 1. The molecule has 0 bridgehead atoms. The van der Waals surface area contributed by atoms with Gasteiger partial charge in [-0.1, -0.05) is 6.07 Å². The Hall–Kier alpha value is -2.23. The van der Waals surface area contributed by atoms with Crippen LogP contribution in [0.15, 0.2) is 43.0 Å². The van der Waals surface area contributed by atoms with Crippen LogP contribution in [0.3, 0.4) is 0 Å².